The normalized spacial score (nSPS) is 12.0. The predicted molar refractivity (Wildman–Crippen MR) is 79.9 cm³/mol. The largest absolute Gasteiger partial charge is 0.477 e. The summed E-state index contributed by atoms with van der Waals surface area (Å²) >= 11 is 0. The molecule has 0 radical (unpaired) electrons. The SMILES string of the molecule is CCOC(=O)/C(F)=C\c1c[nH]c2ncnc(OCC(C)C)c12. The maximum Gasteiger partial charge on any atom is 0.367 e. The van der Waals surface area contributed by atoms with E-state index in [1.165, 1.54) is 6.33 Å². The number of esters is 1. The van der Waals surface area contributed by atoms with Crippen molar-refractivity contribution in [1.82, 2.24) is 15.0 Å². The first-order valence-corrected chi connectivity index (χ1v) is 7.02. The summed E-state index contributed by atoms with van der Waals surface area (Å²) in [6.45, 7) is 6.22. The molecule has 0 aliphatic carbocycles. The number of aromatic amines is 1. The minimum Gasteiger partial charge on any atom is -0.477 e. The highest BCUT2D eigenvalue weighted by Crippen LogP contribution is 2.27. The lowest BCUT2D eigenvalue weighted by Gasteiger charge is -2.08. The Morgan fingerprint density at radius 1 is 1.45 bits per heavy atom. The van der Waals surface area contributed by atoms with E-state index in [9.17, 15) is 9.18 Å². The number of nitrogens with zero attached hydrogens (tertiary/aromatic N) is 2. The molecule has 0 spiro atoms. The van der Waals surface area contributed by atoms with Gasteiger partial charge < -0.3 is 14.5 Å². The molecule has 2 aromatic rings. The summed E-state index contributed by atoms with van der Waals surface area (Å²) in [6.07, 6.45) is 3.99. The Morgan fingerprint density at radius 3 is 2.91 bits per heavy atom. The van der Waals surface area contributed by atoms with Gasteiger partial charge >= 0.3 is 5.97 Å². The Balaban J connectivity index is 2.38. The van der Waals surface area contributed by atoms with E-state index in [-0.39, 0.29) is 6.61 Å². The average Bonchev–Trinajstić information content (AvgIpc) is 2.89. The minimum atomic E-state index is -1.00. The van der Waals surface area contributed by atoms with E-state index in [0.717, 1.165) is 6.08 Å². The minimum absolute atomic E-state index is 0.111. The quantitative estimate of drug-likeness (QED) is 0.656. The van der Waals surface area contributed by atoms with Crippen molar-refractivity contribution in [3.05, 3.63) is 23.9 Å². The van der Waals surface area contributed by atoms with Crippen molar-refractivity contribution in [3.8, 4) is 5.88 Å². The van der Waals surface area contributed by atoms with Crippen LogP contribution in [0.5, 0.6) is 5.88 Å². The van der Waals surface area contributed by atoms with E-state index in [0.29, 0.717) is 35.0 Å². The molecule has 2 rings (SSSR count). The van der Waals surface area contributed by atoms with E-state index in [2.05, 4.69) is 19.7 Å². The van der Waals surface area contributed by atoms with Crippen LogP contribution in [0.4, 0.5) is 4.39 Å². The van der Waals surface area contributed by atoms with E-state index < -0.39 is 11.8 Å². The number of H-pyrrole nitrogens is 1. The third-order valence-electron chi connectivity index (χ3n) is 2.77. The number of rotatable bonds is 6. The third kappa shape index (κ3) is 3.60. The summed E-state index contributed by atoms with van der Waals surface area (Å²) in [6, 6.07) is 0. The molecule has 0 saturated heterocycles. The zero-order chi connectivity index (χ0) is 16.1. The van der Waals surface area contributed by atoms with E-state index in [1.807, 2.05) is 13.8 Å². The van der Waals surface area contributed by atoms with E-state index in [4.69, 9.17) is 4.74 Å². The summed E-state index contributed by atoms with van der Waals surface area (Å²) in [5.41, 5.74) is 0.941. The van der Waals surface area contributed by atoms with Crippen molar-refractivity contribution in [2.45, 2.75) is 20.8 Å². The lowest BCUT2D eigenvalue weighted by Crippen LogP contribution is -2.06. The number of hydrogen-bond donors (Lipinski definition) is 1. The summed E-state index contributed by atoms with van der Waals surface area (Å²) in [5.74, 6) is -1.32. The highest BCUT2D eigenvalue weighted by Gasteiger charge is 2.15. The van der Waals surface area contributed by atoms with Gasteiger partial charge in [-0.15, -0.1) is 0 Å². The molecular formula is C15H18FN3O3. The Hall–Kier alpha value is -2.44. The van der Waals surface area contributed by atoms with Gasteiger partial charge in [0.15, 0.2) is 0 Å². The molecule has 0 aromatic carbocycles. The van der Waals surface area contributed by atoms with Gasteiger partial charge in [-0.3, -0.25) is 0 Å². The average molecular weight is 307 g/mol. The predicted octanol–water partition coefficient (Wildman–Crippen LogP) is 2.87. The van der Waals surface area contributed by atoms with Gasteiger partial charge in [0.1, 0.15) is 12.0 Å². The van der Waals surface area contributed by atoms with Crippen molar-refractivity contribution in [1.29, 1.82) is 0 Å². The lowest BCUT2D eigenvalue weighted by atomic mass is 10.2. The second-order valence-electron chi connectivity index (χ2n) is 5.06. The maximum atomic E-state index is 13.8. The molecule has 0 aliphatic heterocycles. The number of carbonyl (C=O) groups excluding carboxylic acids is 1. The molecule has 7 heteroatoms. The highest BCUT2D eigenvalue weighted by molar-refractivity contribution is 5.97. The zero-order valence-electron chi connectivity index (χ0n) is 12.7. The fourth-order valence-electron chi connectivity index (χ4n) is 1.82. The fourth-order valence-corrected chi connectivity index (χ4v) is 1.82. The topological polar surface area (TPSA) is 77.1 Å². The number of halogens is 1. The summed E-state index contributed by atoms with van der Waals surface area (Å²) in [7, 11) is 0. The Labute approximate surface area is 127 Å². The van der Waals surface area contributed by atoms with E-state index >= 15 is 0 Å². The van der Waals surface area contributed by atoms with Crippen molar-refractivity contribution >= 4 is 23.1 Å². The lowest BCUT2D eigenvalue weighted by molar-refractivity contribution is -0.140. The molecule has 2 aromatic heterocycles. The van der Waals surface area contributed by atoms with Crippen molar-refractivity contribution in [3.63, 3.8) is 0 Å². The van der Waals surface area contributed by atoms with Gasteiger partial charge in [-0.2, -0.15) is 4.39 Å². The number of ether oxygens (including phenoxy) is 2. The van der Waals surface area contributed by atoms with Crippen LogP contribution >= 0.6 is 0 Å². The second kappa shape index (κ2) is 7.02. The highest BCUT2D eigenvalue weighted by atomic mass is 19.1. The number of carbonyl (C=O) groups is 1. The Morgan fingerprint density at radius 2 is 2.23 bits per heavy atom. The standard InChI is InChI=1S/C15H18FN3O3/c1-4-21-15(20)11(16)5-10-6-17-13-12(10)14(19-8-18-13)22-7-9(2)3/h5-6,8-9H,4,7H2,1-3H3,(H,17,18,19)/b11-5+. The van der Waals surface area contributed by atoms with Gasteiger partial charge in [-0.05, 0) is 18.9 Å². The number of fused-ring (bicyclic) bond motifs is 1. The Bertz CT molecular complexity index is 694. The smallest absolute Gasteiger partial charge is 0.367 e. The van der Waals surface area contributed by atoms with Gasteiger partial charge in [-0.25, -0.2) is 14.8 Å². The molecule has 0 amide bonds. The van der Waals surface area contributed by atoms with Crippen LogP contribution in [0.1, 0.15) is 26.3 Å². The van der Waals surface area contributed by atoms with Gasteiger partial charge in [0, 0.05) is 11.8 Å². The Kier molecular flexibility index (Phi) is 5.08. The fraction of sp³-hybridized carbons (Fsp3) is 0.400. The van der Waals surface area contributed by atoms with Crippen LogP contribution in [0.15, 0.2) is 18.4 Å². The van der Waals surface area contributed by atoms with Crippen LogP contribution in [0.25, 0.3) is 17.1 Å². The van der Waals surface area contributed by atoms with Crippen molar-refractivity contribution < 1.29 is 18.7 Å². The van der Waals surface area contributed by atoms with Crippen LogP contribution in [0.2, 0.25) is 0 Å². The molecular weight excluding hydrogens is 289 g/mol. The van der Waals surface area contributed by atoms with Crippen molar-refractivity contribution in [2.24, 2.45) is 5.92 Å². The van der Waals surface area contributed by atoms with Crippen LogP contribution < -0.4 is 4.74 Å². The summed E-state index contributed by atoms with van der Waals surface area (Å²) in [5, 5.41) is 0.530. The summed E-state index contributed by atoms with van der Waals surface area (Å²) < 4.78 is 24.1. The van der Waals surface area contributed by atoms with Crippen LogP contribution in [-0.4, -0.2) is 34.1 Å². The zero-order valence-corrected chi connectivity index (χ0v) is 12.7. The van der Waals surface area contributed by atoms with E-state index in [1.54, 1.807) is 13.1 Å². The molecule has 118 valence electrons. The van der Waals surface area contributed by atoms with Crippen LogP contribution in [0, 0.1) is 5.92 Å². The number of hydrogen-bond acceptors (Lipinski definition) is 5. The molecule has 0 saturated carbocycles. The molecule has 0 aliphatic rings. The third-order valence-corrected chi connectivity index (χ3v) is 2.77. The number of aromatic nitrogens is 3. The maximum absolute atomic E-state index is 13.8. The first-order chi connectivity index (χ1) is 10.5. The second-order valence-corrected chi connectivity index (χ2v) is 5.06. The molecule has 1 N–H and O–H groups in total. The molecule has 22 heavy (non-hydrogen) atoms. The molecule has 6 nitrogen and oxygen atoms in total. The monoisotopic (exact) mass is 307 g/mol. The van der Waals surface area contributed by atoms with Gasteiger partial charge in [0.05, 0.1) is 18.6 Å². The summed E-state index contributed by atoms with van der Waals surface area (Å²) in [4.78, 5) is 22.4. The molecule has 0 bridgehead atoms. The number of nitrogens with one attached hydrogen (secondary N) is 1. The van der Waals surface area contributed by atoms with Crippen LogP contribution in [0.3, 0.4) is 0 Å². The molecule has 0 unspecified atom stereocenters. The molecule has 0 fully saturated rings. The van der Waals surface area contributed by atoms with Gasteiger partial charge in [0.2, 0.25) is 11.7 Å². The molecule has 0 atom stereocenters. The molecule has 2 heterocycles. The van der Waals surface area contributed by atoms with Crippen LogP contribution in [-0.2, 0) is 9.53 Å². The van der Waals surface area contributed by atoms with Gasteiger partial charge in [0.25, 0.3) is 0 Å². The first kappa shape index (κ1) is 15.9. The first-order valence-electron chi connectivity index (χ1n) is 7.02. The van der Waals surface area contributed by atoms with Gasteiger partial charge in [-0.1, -0.05) is 13.8 Å². The van der Waals surface area contributed by atoms with Crippen molar-refractivity contribution in [2.75, 3.05) is 13.2 Å².